The number of halogens is 1. The Balaban J connectivity index is 2.02. The molecule has 0 amide bonds. The van der Waals surface area contributed by atoms with Crippen molar-refractivity contribution in [2.24, 2.45) is 5.92 Å². The molecule has 1 aromatic rings. The van der Waals surface area contributed by atoms with Gasteiger partial charge in [-0.2, -0.15) is 0 Å². The van der Waals surface area contributed by atoms with E-state index in [-0.39, 0.29) is 5.82 Å². The van der Waals surface area contributed by atoms with E-state index in [0.29, 0.717) is 17.6 Å². The first-order chi connectivity index (χ1) is 8.16. The minimum atomic E-state index is -0.315. The highest BCUT2D eigenvalue weighted by Crippen LogP contribution is 2.25. The summed E-state index contributed by atoms with van der Waals surface area (Å²) in [7, 11) is 0. The van der Waals surface area contributed by atoms with E-state index in [9.17, 15) is 4.39 Å². The highest BCUT2D eigenvalue weighted by Gasteiger charge is 2.18. The zero-order valence-electron chi connectivity index (χ0n) is 10.5. The summed E-state index contributed by atoms with van der Waals surface area (Å²) in [5.41, 5.74) is 0.407. The van der Waals surface area contributed by atoms with E-state index in [1.54, 1.807) is 6.92 Å². The number of aryl methyl sites for hydroxylation is 1. The van der Waals surface area contributed by atoms with Crippen LogP contribution in [-0.2, 0) is 0 Å². The van der Waals surface area contributed by atoms with Crippen molar-refractivity contribution in [1.82, 2.24) is 9.97 Å². The van der Waals surface area contributed by atoms with E-state index in [2.05, 4.69) is 22.2 Å². The predicted octanol–water partition coefficient (Wildman–Crippen LogP) is 3.30. The van der Waals surface area contributed by atoms with Crippen molar-refractivity contribution in [2.45, 2.75) is 52.0 Å². The summed E-state index contributed by atoms with van der Waals surface area (Å²) in [6.07, 6.45) is 7.33. The standard InChI is InChI=1S/C13H20FN3/c1-9-4-3-5-11(7-6-9)17-13-12(14)10(2)15-8-16-13/h8-9,11H,3-7H2,1-2H3,(H,15,16,17). The molecule has 17 heavy (non-hydrogen) atoms. The van der Waals surface area contributed by atoms with Gasteiger partial charge in [-0.15, -0.1) is 0 Å². The van der Waals surface area contributed by atoms with Crippen LogP contribution >= 0.6 is 0 Å². The van der Waals surface area contributed by atoms with Crippen LogP contribution in [0.1, 0.15) is 44.7 Å². The van der Waals surface area contributed by atoms with Crippen LogP contribution in [0.4, 0.5) is 10.2 Å². The molecule has 3 nitrogen and oxygen atoms in total. The molecule has 0 saturated heterocycles. The fourth-order valence-electron chi connectivity index (χ4n) is 2.38. The number of nitrogens with zero attached hydrogens (tertiary/aromatic N) is 2. The van der Waals surface area contributed by atoms with Gasteiger partial charge in [-0.25, -0.2) is 14.4 Å². The highest BCUT2D eigenvalue weighted by atomic mass is 19.1. The third-order valence-corrected chi connectivity index (χ3v) is 3.56. The van der Waals surface area contributed by atoms with Gasteiger partial charge in [0.1, 0.15) is 6.33 Å². The van der Waals surface area contributed by atoms with Crippen LogP contribution < -0.4 is 5.32 Å². The molecule has 1 N–H and O–H groups in total. The normalized spacial score (nSPS) is 25.4. The van der Waals surface area contributed by atoms with Crippen molar-refractivity contribution in [3.63, 3.8) is 0 Å². The Morgan fingerprint density at radius 3 is 2.88 bits per heavy atom. The van der Waals surface area contributed by atoms with Crippen LogP contribution in [0.15, 0.2) is 6.33 Å². The largest absolute Gasteiger partial charge is 0.365 e. The van der Waals surface area contributed by atoms with Crippen molar-refractivity contribution < 1.29 is 4.39 Å². The third-order valence-electron chi connectivity index (χ3n) is 3.56. The second-order valence-electron chi connectivity index (χ2n) is 5.08. The average molecular weight is 237 g/mol. The molecule has 0 spiro atoms. The molecule has 1 aliphatic rings. The van der Waals surface area contributed by atoms with E-state index in [4.69, 9.17) is 0 Å². The van der Waals surface area contributed by atoms with Crippen molar-refractivity contribution in [2.75, 3.05) is 5.32 Å². The van der Waals surface area contributed by atoms with Gasteiger partial charge in [0.15, 0.2) is 11.6 Å². The Kier molecular flexibility index (Phi) is 3.92. The van der Waals surface area contributed by atoms with E-state index in [1.807, 2.05) is 0 Å². The molecule has 1 saturated carbocycles. The molecule has 0 radical (unpaired) electrons. The van der Waals surface area contributed by atoms with Gasteiger partial charge in [0.05, 0.1) is 5.69 Å². The summed E-state index contributed by atoms with van der Waals surface area (Å²) >= 11 is 0. The Morgan fingerprint density at radius 1 is 1.24 bits per heavy atom. The van der Waals surface area contributed by atoms with E-state index in [1.165, 1.54) is 25.6 Å². The van der Waals surface area contributed by atoms with Crippen molar-refractivity contribution >= 4 is 5.82 Å². The summed E-state index contributed by atoms with van der Waals surface area (Å²) in [5, 5.41) is 3.22. The Bertz CT molecular complexity index is 381. The fourth-order valence-corrected chi connectivity index (χ4v) is 2.38. The molecule has 0 bridgehead atoms. The number of rotatable bonds is 2. The molecule has 1 aliphatic carbocycles. The quantitative estimate of drug-likeness (QED) is 0.802. The molecule has 2 atom stereocenters. The van der Waals surface area contributed by atoms with Gasteiger partial charge in [0, 0.05) is 6.04 Å². The molecule has 0 aliphatic heterocycles. The van der Waals surface area contributed by atoms with Gasteiger partial charge in [-0.05, 0) is 32.1 Å². The maximum Gasteiger partial charge on any atom is 0.186 e. The lowest BCUT2D eigenvalue weighted by atomic mass is 10.0. The highest BCUT2D eigenvalue weighted by molar-refractivity contribution is 5.37. The maximum atomic E-state index is 13.7. The lowest BCUT2D eigenvalue weighted by molar-refractivity contribution is 0.501. The van der Waals surface area contributed by atoms with Gasteiger partial charge >= 0.3 is 0 Å². The molecule has 1 fully saturated rings. The molecule has 1 aromatic heterocycles. The summed E-state index contributed by atoms with van der Waals surface area (Å²) in [5.74, 6) is 0.834. The van der Waals surface area contributed by atoms with Gasteiger partial charge in [-0.1, -0.05) is 19.8 Å². The smallest absolute Gasteiger partial charge is 0.186 e. The van der Waals surface area contributed by atoms with E-state index < -0.39 is 0 Å². The molecule has 94 valence electrons. The van der Waals surface area contributed by atoms with Gasteiger partial charge in [0.2, 0.25) is 0 Å². The Labute approximate surface area is 102 Å². The lowest BCUT2D eigenvalue weighted by Crippen LogP contribution is -2.20. The number of anilines is 1. The van der Waals surface area contributed by atoms with Crippen LogP contribution in [0.25, 0.3) is 0 Å². The first kappa shape index (κ1) is 12.3. The molecule has 2 rings (SSSR count). The molecule has 0 aromatic carbocycles. The monoisotopic (exact) mass is 237 g/mol. The molecular formula is C13H20FN3. The second kappa shape index (κ2) is 5.43. The predicted molar refractivity (Wildman–Crippen MR) is 66.4 cm³/mol. The zero-order valence-corrected chi connectivity index (χ0v) is 10.5. The maximum absolute atomic E-state index is 13.7. The van der Waals surface area contributed by atoms with E-state index >= 15 is 0 Å². The number of hydrogen-bond acceptors (Lipinski definition) is 3. The molecule has 1 heterocycles. The summed E-state index contributed by atoms with van der Waals surface area (Å²) in [4.78, 5) is 7.82. The summed E-state index contributed by atoms with van der Waals surface area (Å²) < 4.78 is 13.7. The van der Waals surface area contributed by atoms with Crippen molar-refractivity contribution in [1.29, 1.82) is 0 Å². The SMILES string of the molecule is Cc1ncnc(NC2CCCC(C)CC2)c1F. The molecule has 2 unspecified atom stereocenters. The van der Waals surface area contributed by atoms with Gasteiger partial charge in [0.25, 0.3) is 0 Å². The first-order valence-electron chi connectivity index (χ1n) is 6.40. The minimum absolute atomic E-state index is 0.315. The summed E-state index contributed by atoms with van der Waals surface area (Å²) in [6, 6.07) is 0.351. The van der Waals surface area contributed by atoms with E-state index in [0.717, 1.165) is 18.8 Å². The Morgan fingerprint density at radius 2 is 2.06 bits per heavy atom. The minimum Gasteiger partial charge on any atom is -0.365 e. The van der Waals surface area contributed by atoms with Gasteiger partial charge < -0.3 is 5.32 Å². The van der Waals surface area contributed by atoms with Crippen LogP contribution in [0.5, 0.6) is 0 Å². The third kappa shape index (κ3) is 3.14. The number of aromatic nitrogens is 2. The lowest BCUT2D eigenvalue weighted by Gasteiger charge is -2.17. The van der Waals surface area contributed by atoms with Crippen LogP contribution in [0.3, 0.4) is 0 Å². The van der Waals surface area contributed by atoms with Gasteiger partial charge in [-0.3, -0.25) is 0 Å². The number of hydrogen-bond donors (Lipinski definition) is 1. The number of nitrogens with one attached hydrogen (secondary N) is 1. The van der Waals surface area contributed by atoms with Crippen LogP contribution in [0.2, 0.25) is 0 Å². The zero-order chi connectivity index (χ0) is 12.3. The average Bonchev–Trinajstić information content (AvgIpc) is 2.50. The first-order valence-corrected chi connectivity index (χ1v) is 6.40. The molecular weight excluding hydrogens is 217 g/mol. The van der Waals surface area contributed by atoms with Crippen LogP contribution in [0, 0.1) is 18.7 Å². The van der Waals surface area contributed by atoms with Crippen molar-refractivity contribution in [3.8, 4) is 0 Å². The summed E-state index contributed by atoms with van der Waals surface area (Å²) in [6.45, 7) is 3.95. The van der Waals surface area contributed by atoms with Crippen LogP contribution in [-0.4, -0.2) is 16.0 Å². The fraction of sp³-hybridized carbons (Fsp3) is 0.692. The topological polar surface area (TPSA) is 37.8 Å². The van der Waals surface area contributed by atoms with Crippen molar-refractivity contribution in [3.05, 3.63) is 17.8 Å². The Hall–Kier alpha value is -1.19. The molecule has 4 heteroatoms. The second-order valence-corrected chi connectivity index (χ2v) is 5.08.